The van der Waals surface area contributed by atoms with E-state index in [1.807, 2.05) is 0 Å². The molecule has 0 aliphatic heterocycles. The summed E-state index contributed by atoms with van der Waals surface area (Å²) < 4.78 is 39.8. The molecule has 0 bridgehead atoms. The van der Waals surface area contributed by atoms with Gasteiger partial charge in [-0.3, -0.25) is 0 Å². The van der Waals surface area contributed by atoms with E-state index in [1.165, 1.54) is 42.7 Å². The number of methoxy groups -OCH3 is 6. The zero-order valence-electron chi connectivity index (χ0n) is 27.2. The quantitative estimate of drug-likeness (QED) is 0.0784. The Bertz CT molecular complexity index is 607. The first kappa shape index (κ1) is 63.2. The molecule has 0 aromatic rings. The van der Waals surface area contributed by atoms with Crippen LogP contribution in [0.25, 0.3) is 0 Å². The molecule has 0 saturated carbocycles. The van der Waals surface area contributed by atoms with Crippen LogP contribution in [0.15, 0.2) is 0 Å². The molecule has 0 radical (unpaired) electrons. The first-order valence-corrected chi connectivity index (χ1v) is 12.0. The van der Waals surface area contributed by atoms with Gasteiger partial charge in [-0.2, -0.15) is 0 Å². The molecule has 0 aliphatic carbocycles. The number of carbonyl (C=O) groups is 6. The maximum Gasteiger partial charge on any atom is 3.00 e. The van der Waals surface area contributed by atoms with E-state index in [4.69, 9.17) is 0 Å². The van der Waals surface area contributed by atoms with Gasteiger partial charge in [-0.15, -0.1) is 0 Å². The van der Waals surface area contributed by atoms with E-state index in [-0.39, 0.29) is 74.4 Å². The summed E-state index contributed by atoms with van der Waals surface area (Å²) in [6, 6.07) is 0. The Hall–Kier alpha value is -2.48. The Morgan fingerprint density at radius 1 is 0.319 bits per heavy atom. The summed E-state index contributed by atoms with van der Waals surface area (Å²) in [6.45, 7) is 0.0867. The Morgan fingerprint density at radius 2 is 0.489 bits per heavy atom. The molecule has 0 saturated heterocycles. The van der Waals surface area contributed by atoms with Gasteiger partial charge in [-0.05, 0) is 0 Å². The van der Waals surface area contributed by atoms with Gasteiger partial charge in [-0.1, -0.05) is 0 Å². The van der Waals surface area contributed by atoms with Gasteiger partial charge >= 0.3 is 34.7 Å². The SMILES string of the molecule is COCC(=O)[O-].COCC(=O)[O-].COCC(=O)[O-].COCCOCC(=O)[O-].COCCOCC(=O)[O-].COCCOCC(=O)[O-].[Al+3].[Al+3]. The number of ether oxygens (including phenoxy) is 9. The Kier molecular flexibility index (Phi) is 79.4. The van der Waals surface area contributed by atoms with Gasteiger partial charge in [0.15, 0.2) is 0 Å². The average Bonchev–Trinajstić information content (AvgIpc) is 2.93. The van der Waals surface area contributed by atoms with Crippen molar-refractivity contribution in [1.82, 2.24) is 0 Å². The number of hydrogen-bond acceptors (Lipinski definition) is 21. The van der Waals surface area contributed by atoms with Gasteiger partial charge < -0.3 is 102 Å². The predicted molar refractivity (Wildman–Crippen MR) is 145 cm³/mol. The first-order valence-electron chi connectivity index (χ1n) is 12.0. The second-order valence-corrected chi connectivity index (χ2v) is 6.67. The van der Waals surface area contributed by atoms with E-state index in [2.05, 4.69) is 42.6 Å². The molecule has 0 fully saturated rings. The second kappa shape index (κ2) is 59.0. The minimum absolute atomic E-state index is 0. The molecule has 47 heavy (non-hydrogen) atoms. The monoisotopic (exact) mass is 720 g/mol. The van der Waals surface area contributed by atoms with Crippen LogP contribution in [0.1, 0.15) is 0 Å². The standard InChI is InChI=1S/3C5H10O4.3C3H6O3.2Al/c3*1-8-2-3-9-4-5(6)7;3*1-6-2-3(4)5;;/h3*2-4H2,1H3,(H,6,7);3*2H2,1H3,(H,4,5);;/q;;;;;;2*+3/p-6. The fourth-order valence-corrected chi connectivity index (χ4v) is 1.25. The fraction of sp³-hybridized carbons (Fsp3) is 0.750. The van der Waals surface area contributed by atoms with E-state index in [9.17, 15) is 59.4 Å². The van der Waals surface area contributed by atoms with Gasteiger partial charge in [0.25, 0.3) is 0 Å². The van der Waals surface area contributed by atoms with Crippen LogP contribution < -0.4 is 30.6 Å². The van der Waals surface area contributed by atoms with Crippen LogP contribution in [0, 0.1) is 0 Å². The zero-order valence-corrected chi connectivity index (χ0v) is 29.5. The van der Waals surface area contributed by atoms with Crippen LogP contribution >= 0.6 is 0 Å². The van der Waals surface area contributed by atoms with Crippen LogP contribution in [-0.2, 0) is 71.4 Å². The third kappa shape index (κ3) is 125. The molecule has 270 valence electrons. The molecule has 0 spiro atoms. The number of carbonyl (C=O) groups excluding carboxylic acids is 6. The molecule has 0 heterocycles. The number of carboxylic acid groups (broad SMARTS) is 6. The topological polar surface area (TPSA) is 324 Å². The summed E-state index contributed by atoms with van der Waals surface area (Å²) >= 11 is 0. The van der Waals surface area contributed by atoms with E-state index < -0.39 is 35.8 Å². The van der Waals surface area contributed by atoms with Crippen molar-refractivity contribution in [2.45, 2.75) is 0 Å². The number of aliphatic carboxylic acids is 6. The van der Waals surface area contributed by atoms with Crippen LogP contribution in [0.4, 0.5) is 0 Å². The molecule has 0 aromatic heterocycles. The third-order valence-electron chi connectivity index (χ3n) is 2.74. The van der Waals surface area contributed by atoms with Gasteiger partial charge in [0.05, 0.1) is 115 Å². The molecule has 0 N–H and O–H groups in total. The first-order chi connectivity index (χ1) is 21.1. The van der Waals surface area contributed by atoms with Gasteiger partial charge in [0.1, 0.15) is 0 Å². The molecular weight excluding hydrogens is 678 g/mol. The largest absolute Gasteiger partial charge is 3.00 e. The summed E-state index contributed by atoms with van der Waals surface area (Å²) in [5, 5.41) is 57.1. The normalized spacial score (nSPS) is 8.55. The predicted octanol–water partition coefficient (Wildman–Crippen LogP) is -10.4. The summed E-state index contributed by atoms with van der Waals surface area (Å²) in [5.74, 6) is -7.16. The molecular formula is C24H42Al2O21. The fourth-order valence-electron chi connectivity index (χ4n) is 1.25. The molecule has 0 aromatic carbocycles. The van der Waals surface area contributed by atoms with Crippen molar-refractivity contribution >= 4 is 70.5 Å². The van der Waals surface area contributed by atoms with Crippen LogP contribution in [-0.4, -0.2) is 192 Å². The summed E-state index contributed by atoms with van der Waals surface area (Å²) in [4.78, 5) is 57.1. The van der Waals surface area contributed by atoms with Crippen molar-refractivity contribution < 1.29 is 102 Å². The van der Waals surface area contributed by atoms with E-state index in [0.29, 0.717) is 39.6 Å². The molecule has 0 aliphatic rings. The van der Waals surface area contributed by atoms with Crippen LogP contribution in [0.5, 0.6) is 0 Å². The number of carboxylic acids is 6. The maximum atomic E-state index is 9.69. The minimum atomic E-state index is -1.20. The summed E-state index contributed by atoms with van der Waals surface area (Å²) in [6.07, 6.45) is 0. The van der Waals surface area contributed by atoms with Gasteiger partial charge in [0.2, 0.25) is 0 Å². The number of hydrogen-bond donors (Lipinski definition) is 0. The smallest absolute Gasteiger partial charge is 0.548 e. The summed E-state index contributed by atoms with van der Waals surface area (Å²) in [5.41, 5.74) is 0. The molecule has 0 atom stereocenters. The molecule has 23 heteroatoms. The van der Waals surface area contributed by atoms with Crippen molar-refractivity contribution in [3.8, 4) is 0 Å². The zero-order chi connectivity index (χ0) is 36.3. The van der Waals surface area contributed by atoms with Crippen molar-refractivity contribution in [3.63, 3.8) is 0 Å². The van der Waals surface area contributed by atoms with Crippen LogP contribution in [0.2, 0.25) is 0 Å². The maximum absolute atomic E-state index is 9.69. The third-order valence-corrected chi connectivity index (χ3v) is 2.74. The van der Waals surface area contributed by atoms with Crippen molar-refractivity contribution in [1.29, 1.82) is 0 Å². The van der Waals surface area contributed by atoms with Gasteiger partial charge in [0, 0.05) is 42.7 Å². The molecule has 0 rings (SSSR count). The average molecular weight is 721 g/mol. The number of rotatable bonds is 21. The molecule has 0 amide bonds. The Balaban J connectivity index is -0.0000000648. The van der Waals surface area contributed by atoms with Crippen molar-refractivity contribution in [3.05, 3.63) is 0 Å². The second-order valence-electron chi connectivity index (χ2n) is 6.67. The van der Waals surface area contributed by atoms with Crippen LogP contribution in [0.3, 0.4) is 0 Å². The van der Waals surface area contributed by atoms with Crippen molar-refractivity contribution in [2.75, 3.05) is 122 Å². The summed E-state index contributed by atoms with van der Waals surface area (Å²) in [7, 11) is 8.45. The van der Waals surface area contributed by atoms with E-state index >= 15 is 0 Å². The Morgan fingerprint density at radius 3 is 0.574 bits per heavy atom. The van der Waals surface area contributed by atoms with Gasteiger partial charge in [-0.25, -0.2) is 0 Å². The Labute approximate surface area is 294 Å². The van der Waals surface area contributed by atoms with E-state index in [0.717, 1.165) is 0 Å². The minimum Gasteiger partial charge on any atom is -0.548 e. The van der Waals surface area contributed by atoms with Crippen molar-refractivity contribution in [2.24, 2.45) is 0 Å². The molecule has 21 nitrogen and oxygen atoms in total. The molecule has 0 unspecified atom stereocenters. The van der Waals surface area contributed by atoms with E-state index in [1.54, 1.807) is 0 Å².